The lowest BCUT2D eigenvalue weighted by molar-refractivity contribution is -0.167. The van der Waals surface area contributed by atoms with Crippen molar-refractivity contribution in [3.8, 4) is 0 Å². The van der Waals surface area contributed by atoms with Crippen molar-refractivity contribution in [2.45, 2.75) is 245 Å². The van der Waals surface area contributed by atoms with Gasteiger partial charge in [-0.15, -0.1) is 0 Å². The number of rotatable bonds is 47. The van der Waals surface area contributed by atoms with Crippen LogP contribution in [0.3, 0.4) is 0 Å². The molecule has 0 radical (unpaired) electrons. The highest BCUT2D eigenvalue weighted by molar-refractivity contribution is 5.71. The summed E-state index contributed by atoms with van der Waals surface area (Å²) in [4.78, 5) is 38.0. The van der Waals surface area contributed by atoms with E-state index in [1.165, 1.54) is 89.9 Å². The third kappa shape index (κ3) is 51.2. The molecule has 0 aliphatic rings. The molecular formula is C59H98O6. The molecule has 0 bridgehead atoms. The number of esters is 3. The highest BCUT2D eigenvalue weighted by atomic mass is 16.6. The normalized spacial score (nSPS) is 12.8. The molecular weight excluding hydrogens is 805 g/mol. The summed E-state index contributed by atoms with van der Waals surface area (Å²) in [5, 5.41) is 0. The van der Waals surface area contributed by atoms with Crippen molar-refractivity contribution in [1.29, 1.82) is 0 Å². The summed E-state index contributed by atoms with van der Waals surface area (Å²) in [5.74, 6) is -0.986. The Kier molecular flexibility index (Phi) is 50.0. The van der Waals surface area contributed by atoms with Gasteiger partial charge in [-0.2, -0.15) is 0 Å². The zero-order valence-electron chi connectivity index (χ0n) is 42.2. The maximum absolute atomic E-state index is 12.8. The van der Waals surface area contributed by atoms with Crippen molar-refractivity contribution >= 4 is 17.9 Å². The van der Waals surface area contributed by atoms with Gasteiger partial charge in [-0.25, -0.2) is 0 Å². The molecule has 0 heterocycles. The number of carbonyl (C=O) groups is 3. The summed E-state index contributed by atoms with van der Waals surface area (Å²) in [6.07, 6.45) is 69.6. The number of unbranched alkanes of at least 4 members (excludes halogenated alkanes) is 20. The van der Waals surface area contributed by atoms with Gasteiger partial charge in [0.1, 0.15) is 13.2 Å². The number of hydrogen-bond donors (Lipinski definition) is 0. The van der Waals surface area contributed by atoms with E-state index in [4.69, 9.17) is 14.2 Å². The van der Waals surface area contributed by atoms with E-state index in [2.05, 4.69) is 118 Å². The van der Waals surface area contributed by atoms with Crippen LogP contribution >= 0.6 is 0 Å². The fraction of sp³-hybridized carbons (Fsp3) is 0.678. The molecule has 0 saturated heterocycles. The number of carbonyl (C=O) groups excluding carboxylic acids is 3. The molecule has 6 nitrogen and oxygen atoms in total. The Labute approximate surface area is 400 Å². The van der Waals surface area contributed by atoms with Crippen molar-refractivity contribution < 1.29 is 28.6 Å². The number of ether oxygens (including phenoxy) is 3. The van der Waals surface area contributed by atoms with E-state index < -0.39 is 6.10 Å². The molecule has 0 aromatic rings. The topological polar surface area (TPSA) is 78.9 Å². The molecule has 65 heavy (non-hydrogen) atoms. The molecule has 1 atom stereocenters. The summed E-state index contributed by atoms with van der Waals surface area (Å²) in [5.41, 5.74) is 0. The van der Waals surface area contributed by atoms with Crippen LogP contribution in [-0.4, -0.2) is 37.2 Å². The highest BCUT2D eigenvalue weighted by Gasteiger charge is 2.19. The second kappa shape index (κ2) is 52.9. The Hall–Kier alpha value is -3.67. The van der Waals surface area contributed by atoms with Crippen LogP contribution in [0.5, 0.6) is 0 Å². The van der Waals surface area contributed by atoms with Crippen LogP contribution < -0.4 is 0 Å². The van der Waals surface area contributed by atoms with E-state index in [9.17, 15) is 14.4 Å². The monoisotopic (exact) mass is 903 g/mol. The highest BCUT2D eigenvalue weighted by Crippen LogP contribution is 2.13. The fourth-order valence-electron chi connectivity index (χ4n) is 7.03. The minimum Gasteiger partial charge on any atom is -0.462 e. The first kappa shape index (κ1) is 61.3. The van der Waals surface area contributed by atoms with Crippen LogP contribution in [-0.2, 0) is 28.6 Å². The maximum atomic E-state index is 12.8. The van der Waals surface area contributed by atoms with Gasteiger partial charge >= 0.3 is 17.9 Å². The standard InChI is InChI=1S/C59H98O6/c1-4-7-10-13-16-19-22-25-28-29-32-34-37-40-43-46-49-52-58(61)64-55-56(65-59(62)53-50-47-44-41-38-35-31-27-24-21-18-15-12-9-6-3)54-63-57(60)51-48-45-42-39-36-33-30-26-23-20-17-14-11-8-5-2/h9,12,16,18-21,23,25,27-28,31-32,34,40,43,56H,4-8,10-11,13-15,17,22,24,26,29-30,33,35-39,41-42,44-55H2,1-3H3/b12-9-,19-16-,21-18-,23-20-,28-25-,31-27-,34-32-,43-40-/t56-/m0/s1. The molecule has 0 N–H and O–H groups in total. The molecule has 370 valence electrons. The molecule has 0 aliphatic heterocycles. The van der Waals surface area contributed by atoms with Crippen molar-refractivity contribution in [2.75, 3.05) is 13.2 Å². The second-order valence-electron chi connectivity index (χ2n) is 17.4. The first-order chi connectivity index (χ1) is 32.0. The number of allylic oxidation sites excluding steroid dienone is 16. The Morgan fingerprint density at radius 2 is 0.615 bits per heavy atom. The third-order valence-electron chi connectivity index (χ3n) is 11.0. The van der Waals surface area contributed by atoms with E-state index >= 15 is 0 Å². The third-order valence-corrected chi connectivity index (χ3v) is 11.0. The molecule has 0 fully saturated rings. The summed E-state index contributed by atoms with van der Waals surface area (Å²) in [6.45, 7) is 6.42. The maximum Gasteiger partial charge on any atom is 0.306 e. The van der Waals surface area contributed by atoms with Crippen LogP contribution in [0, 0.1) is 0 Å². The van der Waals surface area contributed by atoms with Gasteiger partial charge in [0.2, 0.25) is 0 Å². The number of hydrogen-bond acceptors (Lipinski definition) is 6. The Morgan fingerprint density at radius 3 is 1.05 bits per heavy atom. The Morgan fingerprint density at radius 1 is 0.323 bits per heavy atom. The van der Waals surface area contributed by atoms with Gasteiger partial charge in [-0.05, 0) is 116 Å². The summed E-state index contributed by atoms with van der Waals surface area (Å²) in [6, 6.07) is 0. The lowest BCUT2D eigenvalue weighted by Crippen LogP contribution is -2.30. The SMILES string of the molecule is CC/C=C\C/C=C\C/C=C\CCCCCCCC(=O)O[C@H](COC(=O)CCC/C=C\C/C=C\C/C=C\C/C=C\CCCCC)COC(=O)CCCCCCCCC/C=C\CCCCCC. The molecule has 0 spiro atoms. The second-order valence-corrected chi connectivity index (χ2v) is 17.4. The predicted molar refractivity (Wildman–Crippen MR) is 279 cm³/mol. The van der Waals surface area contributed by atoms with Gasteiger partial charge in [-0.1, -0.05) is 201 Å². The van der Waals surface area contributed by atoms with Gasteiger partial charge in [0, 0.05) is 19.3 Å². The van der Waals surface area contributed by atoms with Gasteiger partial charge < -0.3 is 14.2 Å². The lowest BCUT2D eigenvalue weighted by atomic mass is 10.1. The first-order valence-electron chi connectivity index (χ1n) is 26.7. The summed E-state index contributed by atoms with van der Waals surface area (Å²) < 4.78 is 16.8. The van der Waals surface area contributed by atoms with Crippen LogP contribution in [0.25, 0.3) is 0 Å². The predicted octanol–water partition coefficient (Wildman–Crippen LogP) is 17.8. The van der Waals surface area contributed by atoms with Gasteiger partial charge in [0.25, 0.3) is 0 Å². The van der Waals surface area contributed by atoms with Crippen molar-refractivity contribution in [3.63, 3.8) is 0 Å². The van der Waals surface area contributed by atoms with Crippen molar-refractivity contribution in [2.24, 2.45) is 0 Å². The quantitative estimate of drug-likeness (QED) is 0.0262. The van der Waals surface area contributed by atoms with Gasteiger partial charge in [0.15, 0.2) is 6.10 Å². The van der Waals surface area contributed by atoms with E-state index in [1.807, 2.05) is 0 Å². The van der Waals surface area contributed by atoms with Crippen LogP contribution in [0.15, 0.2) is 97.2 Å². The largest absolute Gasteiger partial charge is 0.462 e. The lowest BCUT2D eigenvalue weighted by Gasteiger charge is -2.18. The fourth-order valence-corrected chi connectivity index (χ4v) is 7.03. The zero-order chi connectivity index (χ0) is 47.2. The summed E-state index contributed by atoms with van der Waals surface area (Å²) in [7, 11) is 0. The van der Waals surface area contributed by atoms with E-state index in [-0.39, 0.29) is 37.5 Å². The van der Waals surface area contributed by atoms with E-state index in [1.54, 1.807) is 0 Å². The minimum atomic E-state index is -0.811. The molecule has 0 amide bonds. The molecule has 0 aromatic heterocycles. The summed E-state index contributed by atoms with van der Waals surface area (Å²) >= 11 is 0. The van der Waals surface area contributed by atoms with Crippen LogP contribution in [0.2, 0.25) is 0 Å². The van der Waals surface area contributed by atoms with E-state index in [0.717, 1.165) is 103 Å². The van der Waals surface area contributed by atoms with Crippen molar-refractivity contribution in [3.05, 3.63) is 97.2 Å². The molecule has 0 unspecified atom stereocenters. The molecule has 0 saturated carbocycles. The van der Waals surface area contributed by atoms with Gasteiger partial charge in [-0.3, -0.25) is 14.4 Å². The van der Waals surface area contributed by atoms with Crippen LogP contribution in [0.1, 0.15) is 239 Å². The average Bonchev–Trinajstić information content (AvgIpc) is 3.30. The minimum absolute atomic E-state index is 0.105. The first-order valence-corrected chi connectivity index (χ1v) is 26.7. The van der Waals surface area contributed by atoms with Crippen LogP contribution in [0.4, 0.5) is 0 Å². The Bertz CT molecular complexity index is 1310. The van der Waals surface area contributed by atoms with Gasteiger partial charge in [0.05, 0.1) is 0 Å². The van der Waals surface area contributed by atoms with E-state index in [0.29, 0.717) is 19.3 Å². The molecule has 0 aromatic carbocycles. The molecule has 0 rings (SSSR count). The smallest absolute Gasteiger partial charge is 0.306 e. The molecule has 0 aliphatic carbocycles. The molecule has 6 heteroatoms. The average molecular weight is 903 g/mol. The Balaban J connectivity index is 4.51. The van der Waals surface area contributed by atoms with Crippen molar-refractivity contribution in [1.82, 2.24) is 0 Å². The zero-order valence-corrected chi connectivity index (χ0v) is 42.2.